The predicted molar refractivity (Wildman–Crippen MR) is 102 cm³/mol. The topological polar surface area (TPSA) is 78.7 Å². The molecule has 31 heavy (non-hydrogen) atoms. The predicted octanol–water partition coefficient (Wildman–Crippen LogP) is 3.51. The molecule has 1 N–H and O–H groups in total. The Morgan fingerprint density at radius 2 is 1.87 bits per heavy atom. The second-order valence-electron chi connectivity index (χ2n) is 7.26. The molecule has 0 saturated heterocycles. The molecular weight excluding hydrogens is 418 g/mol. The Bertz CT molecular complexity index is 1330. The number of hydrogen-bond acceptors (Lipinski definition) is 4. The number of hydrogen-bond donors (Lipinski definition) is 1. The Hall–Kier alpha value is -3.69. The van der Waals surface area contributed by atoms with Crippen LogP contribution >= 0.6 is 0 Å². The molecule has 0 spiro atoms. The van der Waals surface area contributed by atoms with Crippen LogP contribution in [0.15, 0.2) is 67.8 Å². The number of halogens is 4. The fraction of sp³-hybridized carbons (Fsp3) is 0.190. The standard InChI is InChI=1S/C21H13F4N3O3/c22-11-6-4-10(5-7-11)17-15-13(19(29)28(17)9-21(23,24)25)8-26-16(15)12-2-1-3-14-18(12)31-20(30)27-14/h1-7,17H,8-9H2,(H,27,30). The molecule has 1 amide bonds. The summed E-state index contributed by atoms with van der Waals surface area (Å²) in [7, 11) is 0. The number of fused-ring (bicyclic) bond motifs is 1. The molecule has 2 aliphatic rings. The number of para-hydroxylation sites is 1. The number of aromatic nitrogens is 1. The van der Waals surface area contributed by atoms with Crippen molar-refractivity contribution in [3.8, 4) is 0 Å². The van der Waals surface area contributed by atoms with E-state index in [0.29, 0.717) is 22.2 Å². The summed E-state index contributed by atoms with van der Waals surface area (Å²) in [5.74, 6) is -2.02. The average Bonchev–Trinajstić information content (AvgIpc) is 3.36. The van der Waals surface area contributed by atoms with Crippen LogP contribution in [0.5, 0.6) is 0 Å². The number of oxazole rings is 1. The number of aromatic amines is 1. The highest BCUT2D eigenvalue weighted by Gasteiger charge is 2.48. The summed E-state index contributed by atoms with van der Waals surface area (Å²) >= 11 is 0. The van der Waals surface area contributed by atoms with Crippen molar-refractivity contribution in [2.75, 3.05) is 13.1 Å². The van der Waals surface area contributed by atoms with Gasteiger partial charge in [0.25, 0.3) is 5.91 Å². The molecule has 0 aliphatic carbocycles. The number of alkyl halides is 3. The molecule has 0 radical (unpaired) electrons. The number of amides is 1. The van der Waals surface area contributed by atoms with Gasteiger partial charge >= 0.3 is 11.9 Å². The number of carbonyl (C=O) groups is 1. The van der Waals surface area contributed by atoms with Gasteiger partial charge in [0, 0.05) is 16.7 Å². The third kappa shape index (κ3) is 3.15. The molecule has 0 bridgehead atoms. The number of aliphatic imine (C=N–C) groups is 1. The Morgan fingerprint density at radius 3 is 2.58 bits per heavy atom. The smallest absolute Gasteiger partial charge is 0.407 e. The van der Waals surface area contributed by atoms with Gasteiger partial charge < -0.3 is 9.32 Å². The van der Waals surface area contributed by atoms with E-state index in [1.807, 2.05) is 0 Å². The monoisotopic (exact) mass is 431 g/mol. The van der Waals surface area contributed by atoms with Crippen LogP contribution in [0, 0.1) is 5.82 Å². The summed E-state index contributed by atoms with van der Waals surface area (Å²) in [5, 5.41) is 0. The molecule has 6 nitrogen and oxygen atoms in total. The van der Waals surface area contributed by atoms with Crippen molar-refractivity contribution < 1.29 is 26.8 Å². The van der Waals surface area contributed by atoms with E-state index in [0.717, 1.165) is 17.0 Å². The minimum Gasteiger partial charge on any atom is -0.407 e. The fourth-order valence-corrected chi connectivity index (χ4v) is 4.13. The SMILES string of the molecule is O=C1C2=C(C(c3cccc4[nH]c(=O)oc34)=NC2)C(c2ccc(F)cc2)N1CC(F)(F)F. The van der Waals surface area contributed by atoms with Crippen molar-refractivity contribution in [2.45, 2.75) is 12.2 Å². The molecule has 1 unspecified atom stereocenters. The Kier molecular flexibility index (Phi) is 4.14. The zero-order valence-corrected chi connectivity index (χ0v) is 15.7. The molecule has 5 rings (SSSR count). The summed E-state index contributed by atoms with van der Waals surface area (Å²) in [5.41, 5.74) is 2.01. The lowest BCUT2D eigenvalue weighted by molar-refractivity contribution is -0.160. The minimum atomic E-state index is -4.63. The maximum Gasteiger partial charge on any atom is 0.417 e. The van der Waals surface area contributed by atoms with Crippen LogP contribution < -0.4 is 5.76 Å². The molecular formula is C21H13F4N3O3. The van der Waals surface area contributed by atoms with Gasteiger partial charge in [0.1, 0.15) is 12.4 Å². The molecule has 3 aromatic rings. The maximum absolute atomic E-state index is 13.5. The van der Waals surface area contributed by atoms with Gasteiger partial charge in [0.15, 0.2) is 5.58 Å². The van der Waals surface area contributed by atoms with Gasteiger partial charge in [-0.2, -0.15) is 13.2 Å². The minimum absolute atomic E-state index is 0.0966. The number of carbonyl (C=O) groups excluding carboxylic acids is 1. The number of H-pyrrole nitrogens is 1. The zero-order valence-electron chi connectivity index (χ0n) is 15.7. The second kappa shape index (κ2) is 6.66. The summed E-state index contributed by atoms with van der Waals surface area (Å²) < 4.78 is 58.5. The molecule has 1 aromatic heterocycles. The molecule has 0 fully saturated rings. The highest BCUT2D eigenvalue weighted by molar-refractivity contribution is 6.25. The van der Waals surface area contributed by atoms with Gasteiger partial charge in [-0.15, -0.1) is 0 Å². The van der Waals surface area contributed by atoms with Gasteiger partial charge in [0.2, 0.25) is 0 Å². The van der Waals surface area contributed by atoms with E-state index in [4.69, 9.17) is 4.42 Å². The molecule has 2 aromatic carbocycles. The van der Waals surface area contributed by atoms with E-state index < -0.39 is 36.2 Å². The highest BCUT2D eigenvalue weighted by Crippen LogP contribution is 2.44. The first-order valence-electron chi connectivity index (χ1n) is 9.26. The van der Waals surface area contributed by atoms with Crippen LogP contribution in [0.3, 0.4) is 0 Å². The van der Waals surface area contributed by atoms with Crippen molar-refractivity contribution >= 4 is 22.7 Å². The molecule has 1 atom stereocenters. The van der Waals surface area contributed by atoms with Crippen LogP contribution in [0.2, 0.25) is 0 Å². The van der Waals surface area contributed by atoms with Crippen molar-refractivity contribution in [1.82, 2.24) is 9.88 Å². The molecule has 2 aliphatic heterocycles. The lowest BCUT2D eigenvalue weighted by Gasteiger charge is -2.29. The van der Waals surface area contributed by atoms with Gasteiger partial charge in [-0.25, -0.2) is 9.18 Å². The second-order valence-corrected chi connectivity index (χ2v) is 7.26. The largest absolute Gasteiger partial charge is 0.417 e. The van der Waals surface area contributed by atoms with E-state index in [1.165, 1.54) is 12.1 Å². The normalized spacial score (nSPS) is 18.8. The van der Waals surface area contributed by atoms with E-state index in [9.17, 15) is 27.2 Å². The van der Waals surface area contributed by atoms with Crippen LogP contribution in [0.25, 0.3) is 11.1 Å². The van der Waals surface area contributed by atoms with E-state index in [-0.39, 0.29) is 23.4 Å². The highest BCUT2D eigenvalue weighted by atomic mass is 19.4. The Balaban J connectivity index is 1.67. The summed E-state index contributed by atoms with van der Waals surface area (Å²) in [6.45, 7) is -1.56. The van der Waals surface area contributed by atoms with Gasteiger partial charge in [0.05, 0.1) is 23.8 Å². The van der Waals surface area contributed by atoms with Crippen LogP contribution in [0.1, 0.15) is 17.2 Å². The van der Waals surface area contributed by atoms with Crippen molar-refractivity contribution in [3.05, 3.63) is 81.1 Å². The number of rotatable bonds is 3. The lowest BCUT2D eigenvalue weighted by Crippen LogP contribution is -2.39. The number of nitrogens with zero attached hydrogens (tertiary/aromatic N) is 2. The number of benzene rings is 2. The molecule has 0 saturated carbocycles. The van der Waals surface area contributed by atoms with Crippen LogP contribution in [0.4, 0.5) is 17.6 Å². The Labute approximate surface area is 171 Å². The van der Waals surface area contributed by atoms with E-state index in [2.05, 4.69) is 9.98 Å². The molecule has 3 heterocycles. The van der Waals surface area contributed by atoms with Crippen LogP contribution in [-0.4, -0.2) is 40.8 Å². The first-order valence-corrected chi connectivity index (χ1v) is 9.26. The van der Waals surface area contributed by atoms with Crippen molar-refractivity contribution in [1.29, 1.82) is 0 Å². The first kappa shape index (κ1) is 19.3. The number of nitrogens with one attached hydrogen (secondary N) is 1. The van der Waals surface area contributed by atoms with Gasteiger partial charge in [-0.05, 0) is 29.8 Å². The van der Waals surface area contributed by atoms with Crippen molar-refractivity contribution in [3.63, 3.8) is 0 Å². The van der Waals surface area contributed by atoms with Crippen molar-refractivity contribution in [2.24, 2.45) is 4.99 Å². The van der Waals surface area contributed by atoms with E-state index in [1.54, 1.807) is 18.2 Å². The quantitative estimate of drug-likeness (QED) is 0.645. The summed E-state index contributed by atoms with van der Waals surface area (Å²) in [4.78, 5) is 32.2. The first-order chi connectivity index (χ1) is 14.7. The zero-order chi connectivity index (χ0) is 21.9. The van der Waals surface area contributed by atoms with E-state index >= 15 is 0 Å². The summed E-state index contributed by atoms with van der Waals surface area (Å²) in [6.07, 6.45) is -4.63. The fourth-order valence-electron chi connectivity index (χ4n) is 4.13. The lowest BCUT2D eigenvalue weighted by atomic mass is 9.91. The third-order valence-corrected chi connectivity index (χ3v) is 5.32. The summed E-state index contributed by atoms with van der Waals surface area (Å²) in [6, 6.07) is 8.71. The average molecular weight is 431 g/mol. The maximum atomic E-state index is 13.5. The van der Waals surface area contributed by atoms with Crippen LogP contribution in [-0.2, 0) is 4.79 Å². The van der Waals surface area contributed by atoms with Gasteiger partial charge in [-0.3, -0.25) is 14.8 Å². The third-order valence-electron chi connectivity index (χ3n) is 5.32. The molecule has 10 heteroatoms. The molecule has 158 valence electrons. The van der Waals surface area contributed by atoms with Gasteiger partial charge in [-0.1, -0.05) is 18.2 Å². The Morgan fingerprint density at radius 1 is 1.13 bits per heavy atom.